The molecule has 0 radical (unpaired) electrons. The van der Waals surface area contributed by atoms with Crippen LogP contribution in [0, 0.1) is 41.5 Å². The summed E-state index contributed by atoms with van der Waals surface area (Å²) in [4.78, 5) is 27.5. The summed E-state index contributed by atoms with van der Waals surface area (Å²) < 4.78 is 68.6. The third-order valence-corrected chi connectivity index (χ3v) is 10.2. The fourth-order valence-electron chi connectivity index (χ4n) is 6.21. The molecule has 45 heavy (non-hydrogen) atoms. The molecule has 0 saturated carbocycles. The van der Waals surface area contributed by atoms with Crippen LogP contribution in [0.4, 0.5) is 22.7 Å². The summed E-state index contributed by atoms with van der Waals surface area (Å²) in [5, 5.41) is 6.30. The average Bonchev–Trinajstić information content (AvgIpc) is 2.90. The number of benzene rings is 4. The van der Waals surface area contributed by atoms with Gasteiger partial charge in [0.15, 0.2) is 11.6 Å². The third-order valence-electron chi connectivity index (χ3n) is 7.91. The van der Waals surface area contributed by atoms with Gasteiger partial charge in [-0.2, -0.15) is 16.8 Å². The normalized spacial score (nSPS) is 12.7. The highest BCUT2D eigenvalue weighted by atomic mass is 32.2. The molecule has 0 saturated heterocycles. The number of hydrogen-bond donors (Lipinski definition) is 4. The minimum Gasteiger partial charge on any atom is -0.354 e. The van der Waals surface area contributed by atoms with Crippen molar-refractivity contribution < 1.29 is 35.5 Å². The summed E-state index contributed by atoms with van der Waals surface area (Å²) in [5.41, 5.74) is 4.04. The van der Waals surface area contributed by atoms with Gasteiger partial charge >= 0.3 is 0 Å². The van der Waals surface area contributed by atoms with Crippen LogP contribution in [0.25, 0.3) is 0 Å². The van der Waals surface area contributed by atoms with Crippen LogP contribution >= 0.6 is 0 Å². The Labute approximate surface area is 263 Å². The highest BCUT2D eigenvalue weighted by Gasteiger charge is 2.35. The van der Waals surface area contributed by atoms with Gasteiger partial charge in [0.2, 0.25) is 0 Å². The Morgan fingerprint density at radius 2 is 0.889 bits per heavy atom. The molecule has 1 aliphatic rings. The molecule has 4 aromatic rings. The predicted molar refractivity (Wildman–Crippen MR) is 174 cm³/mol. The first-order valence-electron chi connectivity index (χ1n) is 13.5. The fraction of sp³-hybridized carbons (Fsp3) is 0.212. The van der Waals surface area contributed by atoms with Crippen LogP contribution in [0.5, 0.6) is 0 Å². The monoisotopic (exact) mass is 650 g/mol. The minimum atomic E-state index is -4.57. The maximum absolute atomic E-state index is 14.0. The zero-order valence-electron chi connectivity index (χ0n) is 24.8. The topological polar surface area (TPSA) is 167 Å². The Morgan fingerprint density at radius 1 is 0.556 bits per heavy atom. The van der Waals surface area contributed by atoms with E-state index in [1.54, 1.807) is 76.2 Å². The summed E-state index contributed by atoms with van der Waals surface area (Å²) in [6.07, 6.45) is 0. The van der Waals surface area contributed by atoms with E-state index in [0.29, 0.717) is 33.6 Å². The zero-order chi connectivity index (χ0) is 32.5. The van der Waals surface area contributed by atoms with Gasteiger partial charge in [-0.25, -0.2) is 0 Å². The van der Waals surface area contributed by atoms with Gasteiger partial charge in [0.05, 0.1) is 22.5 Å². The molecule has 0 bridgehead atoms. The lowest BCUT2D eigenvalue weighted by Gasteiger charge is -2.26. The third kappa shape index (κ3) is 5.66. The summed E-state index contributed by atoms with van der Waals surface area (Å²) in [7, 11) is -9.14. The number of ketones is 2. The van der Waals surface area contributed by atoms with Gasteiger partial charge < -0.3 is 10.6 Å². The predicted octanol–water partition coefficient (Wildman–Crippen LogP) is 6.93. The highest BCUT2D eigenvalue weighted by Crippen LogP contribution is 2.42. The lowest BCUT2D eigenvalue weighted by atomic mass is 9.82. The van der Waals surface area contributed by atoms with Crippen LogP contribution in [0.3, 0.4) is 0 Å². The molecule has 12 heteroatoms. The van der Waals surface area contributed by atoms with Crippen molar-refractivity contribution in [3.63, 3.8) is 0 Å². The van der Waals surface area contributed by atoms with Crippen LogP contribution in [0.2, 0.25) is 0 Å². The Hall–Kier alpha value is -4.36. The number of nitrogens with one attached hydrogen (secondary N) is 2. The molecule has 0 atom stereocenters. The standard InChI is InChI=1S/C32H30N2O8S2.CH4/c1-15-13-17(3)31(43(37,38)39)19(5)27(15)33-23-11-12-24(26-25(23)29(35)21-9-7-8-10-22(21)30(26)36)34-28-16(2)14-18(4)32(20(28)6)44(40,41)42;/h7-14,33-34H,1-6H3,(H,37,38,39)(H,40,41,42);1H4. The highest BCUT2D eigenvalue weighted by molar-refractivity contribution is 7.86. The maximum Gasteiger partial charge on any atom is 0.295 e. The van der Waals surface area contributed by atoms with Crippen molar-refractivity contribution in [1.29, 1.82) is 0 Å². The van der Waals surface area contributed by atoms with Crippen molar-refractivity contribution in [3.05, 3.63) is 104 Å². The first-order chi connectivity index (χ1) is 20.4. The fourth-order valence-corrected chi connectivity index (χ4v) is 8.12. The minimum absolute atomic E-state index is 0. The number of aryl methyl sites for hydroxylation is 4. The Morgan fingerprint density at radius 3 is 1.20 bits per heavy atom. The number of carbonyl (C=O) groups excluding carboxylic acids is 2. The number of rotatable bonds is 6. The van der Waals surface area contributed by atoms with E-state index in [-0.39, 0.29) is 62.0 Å². The molecule has 1 aliphatic carbocycles. The molecule has 4 aromatic carbocycles. The molecule has 0 amide bonds. The molecule has 0 fully saturated rings. The number of carbonyl (C=O) groups is 2. The van der Waals surface area contributed by atoms with Crippen molar-refractivity contribution in [2.75, 3.05) is 10.6 Å². The van der Waals surface area contributed by atoms with E-state index in [0.717, 1.165) is 0 Å². The smallest absolute Gasteiger partial charge is 0.295 e. The van der Waals surface area contributed by atoms with E-state index in [9.17, 15) is 35.5 Å². The van der Waals surface area contributed by atoms with Crippen molar-refractivity contribution >= 4 is 54.6 Å². The summed E-state index contributed by atoms with van der Waals surface area (Å²) in [6.45, 7) is 9.69. The number of hydrogen-bond acceptors (Lipinski definition) is 8. The van der Waals surface area contributed by atoms with E-state index >= 15 is 0 Å². The molecule has 236 valence electrons. The van der Waals surface area contributed by atoms with Crippen LogP contribution < -0.4 is 10.6 Å². The summed E-state index contributed by atoms with van der Waals surface area (Å²) in [5.74, 6) is -0.899. The molecular weight excluding hydrogens is 617 g/mol. The Balaban J connectivity index is 0.00000461. The first-order valence-corrected chi connectivity index (χ1v) is 16.4. The molecule has 0 unspecified atom stereocenters. The second-order valence-corrected chi connectivity index (χ2v) is 13.7. The Bertz CT molecular complexity index is 2020. The van der Waals surface area contributed by atoms with Crippen molar-refractivity contribution in [3.8, 4) is 0 Å². The summed E-state index contributed by atoms with van der Waals surface area (Å²) in [6, 6.07) is 12.7. The van der Waals surface area contributed by atoms with Crippen LogP contribution in [-0.4, -0.2) is 37.5 Å². The van der Waals surface area contributed by atoms with Gasteiger partial charge in [0.1, 0.15) is 9.79 Å². The number of fused-ring (bicyclic) bond motifs is 2. The van der Waals surface area contributed by atoms with Crippen molar-refractivity contribution in [2.24, 2.45) is 0 Å². The van der Waals surface area contributed by atoms with E-state index in [2.05, 4.69) is 10.6 Å². The van der Waals surface area contributed by atoms with E-state index in [1.165, 1.54) is 13.8 Å². The lowest BCUT2D eigenvalue weighted by molar-refractivity contribution is 0.0980. The molecular formula is C33H34N2O8S2. The largest absolute Gasteiger partial charge is 0.354 e. The molecule has 5 rings (SSSR count). The van der Waals surface area contributed by atoms with Gasteiger partial charge in [-0.3, -0.25) is 18.7 Å². The Kier molecular flexibility index (Phi) is 8.59. The van der Waals surface area contributed by atoms with Gasteiger partial charge in [0.25, 0.3) is 20.2 Å². The van der Waals surface area contributed by atoms with Crippen molar-refractivity contribution in [1.82, 2.24) is 0 Å². The van der Waals surface area contributed by atoms with Crippen LogP contribution in [-0.2, 0) is 20.2 Å². The molecule has 0 aliphatic heterocycles. The van der Waals surface area contributed by atoms with Crippen LogP contribution in [0.1, 0.15) is 72.7 Å². The second kappa shape index (κ2) is 11.5. The van der Waals surface area contributed by atoms with Crippen LogP contribution in [0.15, 0.2) is 58.3 Å². The van der Waals surface area contributed by atoms with Gasteiger partial charge in [-0.1, -0.05) is 43.8 Å². The first kappa shape index (κ1) is 33.5. The summed E-state index contributed by atoms with van der Waals surface area (Å²) >= 11 is 0. The molecule has 10 nitrogen and oxygen atoms in total. The SMILES string of the molecule is C.Cc1cc(C)c(S(=O)(=O)O)c(C)c1Nc1ccc(Nc2c(C)cc(C)c(S(=O)(=O)O)c2C)c2c1C(=O)c1ccccc1C2=O. The van der Waals surface area contributed by atoms with Gasteiger partial charge in [-0.15, -0.1) is 0 Å². The average molecular weight is 651 g/mol. The maximum atomic E-state index is 14.0. The molecule has 0 heterocycles. The van der Waals surface area contributed by atoms with Gasteiger partial charge in [-0.05, 0) is 87.1 Å². The molecule has 0 spiro atoms. The number of anilines is 4. The zero-order valence-corrected chi connectivity index (χ0v) is 26.4. The van der Waals surface area contributed by atoms with Crippen molar-refractivity contribution in [2.45, 2.75) is 58.8 Å². The van der Waals surface area contributed by atoms with E-state index in [4.69, 9.17) is 0 Å². The van der Waals surface area contributed by atoms with E-state index in [1.807, 2.05) is 0 Å². The van der Waals surface area contributed by atoms with E-state index < -0.39 is 31.8 Å². The quantitative estimate of drug-likeness (QED) is 0.142. The molecule has 4 N–H and O–H groups in total. The lowest BCUT2D eigenvalue weighted by Crippen LogP contribution is -2.24. The molecule has 0 aromatic heterocycles. The second-order valence-electron chi connectivity index (χ2n) is 11.0. The van der Waals surface area contributed by atoms with Gasteiger partial charge in [0, 0.05) is 22.5 Å².